The van der Waals surface area contributed by atoms with Gasteiger partial charge in [-0.3, -0.25) is 9.69 Å². The largest absolute Gasteiger partial charge is 0.497 e. The third-order valence-corrected chi connectivity index (χ3v) is 5.63. The van der Waals surface area contributed by atoms with Gasteiger partial charge in [0.1, 0.15) is 16.3 Å². The molecular weight excluding hydrogens is 326 g/mol. The zero-order chi connectivity index (χ0) is 16.9. The average Bonchev–Trinajstić information content (AvgIpc) is 3.22. The summed E-state index contributed by atoms with van der Waals surface area (Å²) in [7, 11) is 1.59. The lowest BCUT2D eigenvalue weighted by atomic mass is 9.91. The fourth-order valence-electron chi connectivity index (χ4n) is 3.49. The average molecular weight is 343 g/mol. The van der Waals surface area contributed by atoms with Crippen LogP contribution in [0.15, 0.2) is 23.6 Å². The van der Waals surface area contributed by atoms with Gasteiger partial charge in [-0.05, 0) is 43.0 Å². The molecule has 6 nitrogen and oxygen atoms in total. The molecule has 2 heterocycles. The summed E-state index contributed by atoms with van der Waals surface area (Å²) in [6.45, 7) is 2.11. The van der Waals surface area contributed by atoms with Crippen LogP contribution in [-0.2, 0) is 23.3 Å². The van der Waals surface area contributed by atoms with Crippen LogP contribution in [0.2, 0.25) is 0 Å². The maximum atomic E-state index is 13.1. The molecule has 1 aromatic carbocycles. The van der Waals surface area contributed by atoms with E-state index in [1.165, 1.54) is 16.2 Å². The molecule has 124 valence electrons. The van der Waals surface area contributed by atoms with Crippen molar-refractivity contribution in [3.8, 4) is 5.75 Å². The summed E-state index contributed by atoms with van der Waals surface area (Å²) in [5, 5.41) is 5.60. The number of imide groups is 1. The Kier molecular flexibility index (Phi) is 3.35. The summed E-state index contributed by atoms with van der Waals surface area (Å²) in [5.41, 5.74) is 1.86. The number of carbonyl (C=O) groups excluding carboxylic acids is 2. The van der Waals surface area contributed by atoms with E-state index in [1.54, 1.807) is 7.11 Å². The molecule has 1 N–H and O–H groups in total. The van der Waals surface area contributed by atoms with E-state index in [1.807, 2.05) is 30.5 Å². The van der Waals surface area contributed by atoms with Crippen molar-refractivity contribution in [2.75, 3.05) is 7.11 Å². The van der Waals surface area contributed by atoms with Crippen LogP contribution >= 0.6 is 11.3 Å². The molecule has 0 bridgehead atoms. The molecule has 24 heavy (non-hydrogen) atoms. The van der Waals surface area contributed by atoms with Crippen LogP contribution in [0.5, 0.6) is 5.75 Å². The lowest BCUT2D eigenvalue weighted by Crippen LogP contribution is -2.41. The first-order chi connectivity index (χ1) is 11.5. The summed E-state index contributed by atoms with van der Waals surface area (Å²) in [4.78, 5) is 31.2. The Morgan fingerprint density at radius 3 is 2.96 bits per heavy atom. The smallest absolute Gasteiger partial charge is 0.325 e. The zero-order valence-corrected chi connectivity index (χ0v) is 14.3. The number of amides is 3. The summed E-state index contributed by atoms with van der Waals surface area (Å²) in [5.74, 6) is 0.485. The first-order valence-corrected chi connectivity index (χ1v) is 8.64. The van der Waals surface area contributed by atoms with Crippen molar-refractivity contribution in [3.63, 3.8) is 0 Å². The molecule has 2 aliphatic rings. The van der Waals surface area contributed by atoms with Crippen molar-refractivity contribution in [2.24, 2.45) is 0 Å². The van der Waals surface area contributed by atoms with Gasteiger partial charge in [0.25, 0.3) is 5.91 Å². The van der Waals surface area contributed by atoms with E-state index in [0.29, 0.717) is 12.2 Å². The van der Waals surface area contributed by atoms with Crippen LogP contribution in [0.25, 0.3) is 0 Å². The minimum atomic E-state index is -0.965. The normalized spacial score (nSPS) is 22.2. The minimum absolute atomic E-state index is 0.202. The van der Waals surface area contributed by atoms with Crippen LogP contribution < -0.4 is 10.1 Å². The molecule has 1 aliphatic carbocycles. The molecule has 1 aliphatic heterocycles. The van der Waals surface area contributed by atoms with Crippen molar-refractivity contribution in [3.05, 3.63) is 45.4 Å². The minimum Gasteiger partial charge on any atom is -0.497 e. The molecule has 1 atom stereocenters. The van der Waals surface area contributed by atoms with Crippen LogP contribution in [0.4, 0.5) is 4.79 Å². The number of benzene rings is 1. The van der Waals surface area contributed by atoms with Crippen molar-refractivity contribution in [1.29, 1.82) is 0 Å². The van der Waals surface area contributed by atoms with Crippen molar-refractivity contribution in [2.45, 2.75) is 31.8 Å². The number of carbonyl (C=O) groups is 2. The van der Waals surface area contributed by atoms with Crippen molar-refractivity contribution >= 4 is 23.3 Å². The topological polar surface area (TPSA) is 71.5 Å². The molecule has 1 aromatic heterocycles. The molecule has 1 spiro atoms. The van der Waals surface area contributed by atoms with Gasteiger partial charge >= 0.3 is 6.03 Å². The number of urea groups is 1. The number of fused-ring (bicyclic) bond motifs is 2. The maximum absolute atomic E-state index is 13.1. The second-order valence-corrected chi connectivity index (χ2v) is 7.08. The van der Waals surface area contributed by atoms with E-state index < -0.39 is 5.54 Å². The van der Waals surface area contributed by atoms with Gasteiger partial charge in [0.05, 0.1) is 13.7 Å². The van der Waals surface area contributed by atoms with Gasteiger partial charge in [0.2, 0.25) is 0 Å². The number of rotatable bonds is 3. The lowest BCUT2D eigenvalue weighted by Gasteiger charge is -2.22. The van der Waals surface area contributed by atoms with Gasteiger partial charge < -0.3 is 10.1 Å². The number of thiazole rings is 1. The quantitative estimate of drug-likeness (QED) is 0.869. The van der Waals surface area contributed by atoms with E-state index in [0.717, 1.165) is 28.2 Å². The van der Waals surface area contributed by atoms with Gasteiger partial charge in [-0.15, -0.1) is 11.3 Å². The second-order valence-electron chi connectivity index (χ2n) is 6.13. The number of aromatic nitrogens is 1. The van der Waals surface area contributed by atoms with Gasteiger partial charge in [-0.2, -0.15) is 0 Å². The molecule has 7 heteroatoms. The van der Waals surface area contributed by atoms with Gasteiger partial charge in [-0.25, -0.2) is 9.78 Å². The van der Waals surface area contributed by atoms with Crippen LogP contribution in [-0.4, -0.2) is 28.9 Å². The first-order valence-electron chi connectivity index (χ1n) is 7.76. The van der Waals surface area contributed by atoms with E-state index in [2.05, 4.69) is 10.3 Å². The number of aryl methyl sites for hydroxylation is 2. The molecule has 1 fully saturated rings. The highest BCUT2D eigenvalue weighted by Crippen LogP contribution is 2.43. The van der Waals surface area contributed by atoms with Gasteiger partial charge in [-0.1, -0.05) is 6.07 Å². The Hall–Kier alpha value is -2.41. The molecule has 0 saturated carbocycles. The van der Waals surface area contributed by atoms with Crippen LogP contribution in [0, 0.1) is 6.92 Å². The highest BCUT2D eigenvalue weighted by atomic mass is 32.1. The molecule has 1 saturated heterocycles. The van der Waals surface area contributed by atoms with Crippen LogP contribution in [0.1, 0.15) is 28.2 Å². The SMILES string of the molecule is COc1ccc2c(c1)[C@@]1(CC2)NC(=O)N(Cc2nc(C)cs2)C1=O. The standard InChI is InChI=1S/C17H17N3O3S/c1-10-9-24-14(18-10)8-20-15(21)17(19-16(20)22)6-5-11-3-4-12(23-2)7-13(11)17/h3-4,7,9H,5-6,8H2,1-2H3,(H,19,22)/t17-/m1/s1. The molecule has 0 radical (unpaired) electrons. The zero-order valence-electron chi connectivity index (χ0n) is 13.5. The predicted octanol–water partition coefficient (Wildman–Crippen LogP) is 2.35. The van der Waals surface area contributed by atoms with Crippen molar-refractivity contribution < 1.29 is 14.3 Å². The number of hydrogen-bond acceptors (Lipinski definition) is 5. The van der Waals surface area contributed by atoms with E-state index in [4.69, 9.17) is 4.74 Å². The van der Waals surface area contributed by atoms with E-state index >= 15 is 0 Å². The number of nitrogens with one attached hydrogen (secondary N) is 1. The van der Waals surface area contributed by atoms with E-state index in [9.17, 15) is 9.59 Å². The molecule has 3 amide bonds. The highest BCUT2D eigenvalue weighted by molar-refractivity contribution is 7.09. The Morgan fingerprint density at radius 1 is 1.42 bits per heavy atom. The maximum Gasteiger partial charge on any atom is 0.325 e. The Morgan fingerprint density at radius 2 is 2.25 bits per heavy atom. The highest BCUT2D eigenvalue weighted by Gasteiger charge is 2.55. The number of hydrogen-bond donors (Lipinski definition) is 1. The van der Waals surface area contributed by atoms with Gasteiger partial charge in [0.15, 0.2) is 0 Å². The Balaban J connectivity index is 1.69. The molecule has 4 rings (SSSR count). The number of ether oxygens (including phenoxy) is 1. The van der Waals surface area contributed by atoms with Crippen molar-refractivity contribution in [1.82, 2.24) is 15.2 Å². The predicted molar refractivity (Wildman–Crippen MR) is 88.9 cm³/mol. The fraction of sp³-hybridized carbons (Fsp3) is 0.353. The Labute approximate surface area is 143 Å². The molecule has 2 aromatic rings. The third kappa shape index (κ3) is 2.11. The molecule has 0 unspecified atom stereocenters. The number of nitrogens with zero attached hydrogens (tertiary/aromatic N) is 2. The lowest BCUT2D eigenvalue weighted by molar-refractivity contribution is -0.132. The summed E-state index contributed by atoms with van der Waals surface area (Å²) >= 11 is 1.46. The summed E-state index contributed by atoms with van der Waals surface area (Å²) in [6.07, 6.45) is 1.34. The molecular formula is C17H17N3O3S. The van der Waals surface area contributed by atoms with Gasteiger partial charge in [0, 0.05) is 11.1 Å². The third-order valence-electron chi connectivity index (χ3n) is 4.68. The first kappa shape index (κ1) is 15.1. The fourth-order valence-corrected chi connectivity index (χ4v) is 4.25. The van der Waals surface area contributed by atoms with E-state index in [-0.39, 0.29) is 18.5 Å². The monoisotopic (exact) mass is 343 g/mol. The summed E-state index contributed by atoms with van der Waals surface area (Å²) < 4.78 is 5.28. The number of methoxy groups -OCH3 is 1. The second kappa shape index (κ2) is 5.31. The van der Waals surface area contributed by atoms with Crippen LogP contribution in [0.3, 0.4) is 0 Å². The summed E-state index contributed by atoms with van der Waals surface area (Å²) in [6, 6.07) is 5.35. The Bertz CT molecular complexity index is 847.